The molecule has 0 saturated heterocycles. The van der Waals surface area contributed by atoms with E-state index in [1.807, 2.05) is 6.92 Å². The van der Waals surface area contributed by atoms with Gasteiger partial charge in [-0.25, -0.2) is 4.79 Å². The molecule has 0 amide bonds. The summed E-state index contributed by atoms with van der Waals surface area (Å²) >= 11 is 0. The summed E-state index contributed by atoms with van der Waals surface area (Å²) in [6, 6.07) is 0. The average Bonchev–Trinajstić information content (AvgIpc) is 2.48. The zero-order valence-electron chi connectivity index (χ0n) is 8.49. The maximum absolute atomic E-state index is 11.3. The van der Waals surface area contributed by atoms with Gasteiger partial charge in [0.15, 0.2) is 5.69 Å². The predicted molar refractivity (Wildman–Crippen MR) is 48.4 cm³/mol. The normalized spacial score (nSPS) is 9.93. The first kappa shape index (κ1) is 10.6. The Morgan fingerprint density at radius 3 is 2.71 bits per heavy atom. The van der Waals surface area contributed by atoms with Gasteiger partial charge in [0.25, 0.3) is 0 Å². The fourth-order valence-corrected chi connectivity index (χ4v) is 0.946. The quantitative estimate of drug-likeness (QED) is 0.688. The molecule has 78 valence electrons. The number of hydrogen-bond donors (Lipinski definition) is 0. The molecule has 0 N–H and O–H groups in total. The highest BCUT2D eigenvalue weighted by Crippen LogP contribution is 2.16. The van der Waals surface area contributed by atoms with Gasteiger partial charge in [-0.1, -0.05) is 0 Å². The number of ether oxygens (including phenoxy) is 2. The van der Waals surface area contributed by atoms with Crippen LogP contribution in [0.5, 0.6) is 6.08 Å². The number of rotatable bonds is 4. The molecule has 5 heteroatoms. The SMILES string of the molecule is CCOC(=O)c1nc(OCC)oc1C. The van der Waals surface area contributed by atoms with Crippen molar-refractivity contribution in [3.05, 3.63) is 11.5 Å². The van der Waals surface area contributed by atoms with Crippen molar-refractivity contribution in [1.82, 2.24) is 4.98 Å². The molecule has 0 bridgehead atoms. The Balaban J connectivity index is 2.81. The van der Waals surface area contributed by atoms with E-state index in [-0.39, 0.29) is 11.8 Å². The van der Waals surface area contributed by atoms with Crippen molar-refractivity contribution < 1.29 is 18.7 Å². The van der Waals surface area contributed by atoms with Crippen LogP contribution in [0.1, 0.15) is 30.1 Å². The van der Waals surface area contributed by atoms with Gasteiger partial charge < -0.3 is 13.9 Å². The van der Waals surface area contributed by atoms with Crippen molar-refractivity contribution in [3.63, 3.8) is 0 Å². The van der Waals surface area contributed by atoms with E-state index in [4.69, 9.17) is 13.9 Å². The lowest BCUT2D eigenvalue weighted by atomic mass is 10.4. The fourth-order valence-electron chi connectivity index (χ4n) is 0.946. The van der Waals surface area contributed by atoms with Gasteiger partial charge >= 0.3 is 12.0 Å². The van der Waals surface area contributed by atoms with Crippen LogP contribution in [0.2, 0.25) is 0 Å². The maximum Gasteiger partial charge on any atom is 0.394 e. The number of oxazole rings is 1. The van der Waals surface area contributed by atoms with Crippen molar-refractivity contribution in [2.45, 2.75) is 20.8 Å². The zero-order chi connectivity index (χ0) is 10.6. The second-order valence-electron chi connectivity index (χ2n) is 2.54. The smallest absolute Gasteiger partial charge is 0.394 e. The Labute approximate surface area is 82.0 Å². The molecule has 0 atom stereocenters. The lowest BCUT2D eigenvalue weighted by molar-refractivity contribution is 0.0518. The van der Waals surface area contributed by atoms with E-state index in [0.29, 0.717) is 19.0 Å². The van der Waals surface area contributed by atoms with Gasteiger partial charge in [-0.05, 0) is 20.8 Å². The molecule has 0 radical (unpaired) electrons. The maximum atomic E-state index is 11.3. The monoisotopic (exact) mass is 199 g/mol. The highest BCUT2D eigenvalue weighted by atomic mass is 16.6. The van der Waals surface area contributed by atoms with Crippen molar-refractivity contribution in [2.24, 2.45) is 0 Å². The molecule has 0 aromatic carbocycles. The third-order valence-electron chi connectivity index (χ3n) is 1.51. The lowest BCUT2D eigenvalue weighted by Gasteiger charge is -1.96. The van der Waals surface area contributed by atoms with Gasteiger partial charge in [0.1, 0.15) is 5.76 Å². The van der Waals surface area contributed by atoms with Gasteiger partial charge in [-0.3, -0.25) is 0 Å². The Bertz CT molecular complexity index is 319. The van der Waals surface area contributed by atoms with E-state index in [1.165, 1.54) is 0 Å². The number of hydrogen-bond acceptors (Lipinski definition) is 5. The summed E-state index contributed by atoms with van der Waals surface area (Å²) in [5.74, 6) is -0.0772. The molecule has 14 heavy (non-hydrogen) atoms. The van der Waals surface area contributed by atoms with Crippen molar-refractivity contribution in [1.29, 1.82) is 0 Å². The highest BCUT2D eigenvalue weighted by Gasteiger charge is 2.18. The number of carbonyl (C=O) groups excluding carboxylic acids is 1. The summed E-state index contributed by atoms with van der Waals surface area (Å²) < 4.78 is 14.9. The fraction of sp³-hybridized carbons (Fsp3) is 0.556. The molecule has 1 rings (SSSR count). The Kier molecular flexibility index (Phi) is 3.50. The van der Waals surface area contributed by atoms with Crippen LogP contribution in [-0.2, 0) is 4.74 Å². The Hall–Kier alpha value is -1.52. The molecule has 0 aliphatic heterocycles. The van der Waals surface area contributed by atoms with Crippen molar-refractivity contribution in [2.75, 3.05) is 13.2 Å². The zero-order valence-corrected chi connectivity index (χ0v) is 8.49. The van der Waals surface area contributed by atoms with Crippen molar-refractivity contribution >= 4 is 5.97 Å². The van der Waals surface area contributed by atoms with E-state index in [1.54, 1.807) is 13.8 Å². The van der Waals surface area contributed by atoms with Crippen LogP contribution in [0, 0.1) is 6.92 Å². The summed E-state index contributed by atoms with van der Waals surface area (Å²) in [7, 11) is 0. The minimum absolute atomic E-state index is 0.105. The molecule has 0 spiro atoms. The molecule has 1 heterocycles. The number of esters is 1. The summed E-state index contributed by atoms with van der Waals surface area (Å²) in [5.41, 5.74) is 0.176. The number of nitrogens with zero attached hydrogens (tertiary/aromatic N) is 1. The topological polar surface area (TPSA) is 61.6 Å². The first-order chi connectivity index (χ1) is 6.69. The third-order valence-corrected chi connectivity index (χ3v) is 1.51. The molecule has 1 aromatic rings. The van der Waals surface area contributed by atoms with Crippen LogP contribution in [0.25, 0.3) is 0 Å². The second kappa shape index (κ2) is 4.64. The second-order valence-corrected chi connectivity index (χ2v) is 2.54. The van der Waals surface area contributed by atoms with E-state index in [9.17, 15) is 4.79 Å². The van der Waals surface area contributed by atoms with Crippen LogP contribution >= 0.6 is 0 Å². The van der Waals surface area contributed by atoms with Crippen LogP contribution in [0.3, 0.4) is 0 Å². The van der Waals surface area contributed by atoms with Crippen LogP contribution in [0.4, 0.5) is 0 Å². The minimum Gasteiger partial charge on any atom is -0.461 e. The van der Waals surface area contributed by atoms with Crippen LogP contribution in [-0.4, -0.2) is 24.2 Å². The summed E-state index contributed by atoms with van der Waals surface area (Å²) in [6.07, 6.45) is 0.105. The van der Waals surface area contributed by atoms with E-state index in [0.717, 1.165) is 0 Å². The average molecular weight is 199 g/mol. The molecule has 0 unspecified atom stereocenters. The number of carbonyl (C=O) groups is 1. The van der Waals surface area contributed by atoms with Crippen LogP contribution < -0.4 is 4.74 Å². The third kappa shape index (κ3) is 2.25. The molecular formula is C9H13NO4. The number of aromatic nitrogens is 1. The van der Waals surface area contributed by atoms with Gasteiger partial charge in [0.2, 0.25) is 0 Å². The van der Waals surface area contributed by atoms with E-state index in [2.05, 4.69) is 4.98 Å². The minimum atomic E-state index is -0.486. The van der Waals surface area contributed by atoms with Gasteiger partial charge in [-0.2, -0.15) is 4.98 Å². The Morgan fingerprint density at radius 1 is 1.43 bits per heavy atom. The molecule has 0 fully saturated rings. The molecule has 5 nitrogen and oxygen atoms in total. The summed E-state index contributed by atoms with van der Waals surface area (Å²) in [6.45, 7) is 5.94. The first-order valence-corrected chi connectivity index (χ1v) is 4.46. The summed E-state index contributed by atoms with van der Waals surface area (Å²) in [5, 5.41) is 0. The Morgan fingerprint density at radius 2 is 2.14 bits per heavy atom. The lowest BCUT2D eigenvalue weighted by Crippen LogP contribution is -2.06. The van der Waals surface area contributed by atoms with Gasteiger partial charge in [-0.15, -0.1) is 0 Å². The van der Waals surface area contributed by atoms with Crippen LogP contribution in [0.15, 0.2) is 4.42 Å². The molecule has 0 aliphatic rings. The van der Waals surface area contributed by atoms with Crippen molar-refractivity contribution in [3.8, 4) is 6.08 Å². The van der Waals surface area contributed by atoms with E-state index >= 15 is 0 Å². The van der Waals surface area contributed by atoms with Gasteiger partial charge in [0, 0.05) is 0 Å². The van der Waals surface area contributed by atoms with Gasteiger partial charge in [0.05, 0.1) is 13.2 Å². The summed E-state index contributed by atoms with van der Waals surface area (Å²) in [4.78, 5) is 15.1. The first-order valence-electron chi connectivity index (χ1n) is 4.46. The molecular weight excluding hydrogens is 186 g/mol. The molecule has 0 saturated carbocycles. The number of aryl methyl sites for hydroxylation is 1. The predicted octanol–water partition coefficient (Wildman–Crippen LogP) is 1.56. The molecule has 1 aromatic heterocycles. The molecule has 0 aliphatic carbocycles. The van der Waals surface area contributed by atoms with E-state index < -0.39 is 5.97 Å². The highest BCUT2D eigenvalue weighted by molar-refractivity contribution is 5.88. The standard InChI is InChI=1S/C9H13NO4/c1-4-12-8(11)7-6(3)14-9(10-7)13-5-2/h4-5H2,1-3H3. The largest absolute Gasteiger partial charge is 0.461 e.